The first-order valence-electron chi connectivity index (χ1n) is 9.59. The van der Waals surface area contributed by atoms with Crippen LogP contribution >= 0.6 is 0 Å². The number of carbonyl (C=O) groups is 1. The van der Waals surface area contributed by atoms with Crippen LogP contribution in [0.25, 0.3) is 11.4 Å². The normalized spacial score (nSPS) is 15.3. The van der Waals surface area contributed by atoms with Gasteiger partial charge in [0.1, 0.15) is 11.2 Å². The fourth-order valence-electron chi connectivity index (χ4n) is 3.21. The van der Waals surface area contributed by atoms with E-state index in [1.165, 1.54) is 0 Å². The third-order valence-corrected chi connectivity index (χ3v) is 5.04. The van der Waals surface area contributed by atoms with Gasteiger partial charge in [0.15, 0.2) is 0 Å². The highest BCUT2D eigenvalue weighted by Gasteiger charge is 2.45. The van der Waals surface area contributed by atoms with Gasteiger partial charge in [-0.1, -0.05) is 32.1 Å². The van der Waals surface area contributed by atoms with Gasteiger partial charge < -0.3 is 14.6 Å². The number of nitrogens with zero attached hydrogens (tertiary/aromatic N) is 2. The fraction of sp³-hybridized carbons (Fsp3) is 0.550. The smallest absolute Gasteiger partial charge is 0.314 e. The van der Waals surface area contributed by atoms with E-state index in [2.05, 4.69) is 15.2 Å². The van der Waals surface area contributed by atoms with E-state index in [0.29, 0.717) is 19.8 Å². The summed E-state index contributed by atoms with van der Waals surface area (Å²) >= 11 is 0. The largest absolute Gasteiger partial charge is 0.492 e. The molecule has 0 saturated carbocycles. The van der Waals surface area contributed by atoms with Crippen LogP contribution in [0, 0.1) is 5.41 Å². The number of hydrogen-bond donors (Lipinski definition) is 2. The number of nitrogens with one attached hydrogen (secondary N) is 1. The van der Waals surface area contributed by atoms with Gasteiger partial charge in [-0.2, -0.15) is 5.10 Å². The molecule has 3 heterocycles. The minimum atomic E-state index is -0.710. The summed E-state index contributed by atoms with van der Waals surface area (Å²) in [6.45, 7) is 1.43. The zero-order valence-electron chi connectivity index (χ0n) is 15.5. The summed E-state index contributed by atoms with van der Waals surface area (Å²) < 4.78 is 10.8. The number of H-pyrrole nitrogens is 1. The standard InChI is InChI=1S/C20H27N3O4/c24-19(25)20(14-26-15-20)10-5-3-1-2-4-6-12-27-16-7-8-17(21-13-16)18-9-11-22-23-18/h7-9,11,13H,1-6,10,12,14-15H2,(H,22,23)(H,24,25). The molecule has 0 aliphatic carbocycles. The Labute approximate surface area is 159 Å². The van der Waals surface area contributed by atoms with Crippen molar-refractivity contribution in [3.8, 4) is 17.1 Å². The Morgan fingerprint density at radius 1 is 1.15 bits per heavy atom. The molecular weight excluding hydrogens is 346 g/mol. The average molecular weight is 373 g/mol. The minimum Gasteiger partial charge on any atom is -0.492 e. The Morgan fingerprint density at radius 3 is 2.52 bits per heavy atom. The van der Waals surface area contributed by atoms with Crippen LogP contribution in [-0.2, 0) is 9.53 Å². The predicted octanol–water partition coefficient (Wildman–Crippen LogP) is 3.68. The second-order valence-corrected chi connectivity index (χ2v) is 7.15. The van der Waals surface area contributed by atoms with Crippen molar-refractivity contribution in [1.29, 1.82) is 0 Å². The number of hydrogen-bond acceptors (Lipinski definition) is 5. The van der Waals surface area contributed by atoms with E-state index in [1.54, 1.807) is 12.4 Å². The Kier molecular flexibility index (Phi) is 6.81. The number of pyridine rings is 1. The van der Waals surface area contributed by atoms with Gasteiger partial charge in [0.25, 0.3) is 0 Å². The minimum absolute atomic E-state index is 0.372. The first-order valence-corrected chi connectivity index (χ1v) is 9.59. The van der Waals surface area contributed by atoms with Crippen molar-refractivity contribution in [2.45, 2.75) is 44.9 Å². The van der Waals surface area contributed by atoms with Gasteiger partial charge in [-0.05, 0) is 31.0 Å². The number of ether oxygens (including phenoxy) is 2. The lowest BCUT2D eigenvalue weighted by atomic mass is 9.81. The van der Waals surface area contributed by atoms with Crippen molar-refractivity contribution in [3.63, 3.8) is 0 Å². The molecule has 1 fully saturated rings. The molecule has 7 heteroatoms. The zero-order chi connectivity index (χ0) is 19.0. The summed E-state index contributed by atoms with van der Waals surface area (Å²) in [6.07, 6.45) is 10.6. The molecule has 0 amide bonds. The van der Waals surface area contributed by atoms with Crippen LogP contribution in [0.15, 0.2) is 30.6 Å². The van der Waals surface area contributed by atoms with Crippen LogP contribution in [0.3, 0.4) is 0 Å². The number of aromatic amines is 1. The molecule has 1 aliphatic heterocycles. The van der Waals surface area contributed by atoms with Gasteiger partial charge in [-0.3, -0.25) is 14.9 Å². The van der Waals surface area contributed by atoms with Gasteiger partial charge >= 0.3 is 5.97 Å². The Balaban J connectivity index is 1.21. The highest BCUT2D eigenvalue weighted by atomic mass is 16.5. The molecule has 0 unspecified atom stereocenters. The first-order chi connectivity index (χ1) is 13.2. The van der Waals surface area contributed by atoms with Crippen molar-refractivity contribution in [3.05, 3.63) is 30.6 Å². The van der Waals surface area contributed by atoms with E-state index in [4.69, 9.17) is 9.47 Å². The summed E-state index contributed by atoms with van der Waals surface area (Å²) in [6, 6.07) is 5.72. The lowest BCUT2D eigenvalue weighted by Crippen LogP contribution is -2.48. The SMILES string of the molecule is O=C(O)C1(CCCCCCCCOc2ccc(-c3ccn[nH]3)nc2)COC1. The van der Waals surface area contributed by atoms with Crippen molar-refractivity contribution >= 4 is 5.97 Å². The number of aliphatic carboxylic acids is 1. The molecule has 27 heavy (non-hydrogen) atoms. The Bertz CT molecular complexity index is 697. The number of carboxylic acids is 1. The Morgan fingerprint density at radius 2 is 1.93 bits per heavy atom. The molecule has 2 N–H and O–H groups in total. The highest BCUT2D eigenvalue weighted by Crippen LogP contribution is 2.33. The first kappa shape index (κ1) is 19.4. The summed E-state index contributed by atoms with van der Waals surface area (Å²) in [7, 11) is 0. The summed E-state index contributed by atoms with van der Waals surface area (Å²) in [5.41, 5.74) is 1.13. The lowest BCUT2D eigenvalue weighted by molar-refractivity contribution is -0.181. The third-order valence-electron chi connectivity index (χ3n) is 5.04. The van der Waals surface area contributed by atoms with E-state index in [0.717, 1.165) is 62.1 Å². The van der Waals surface area contributed by atoms with Crippen LogP contribution in [-0.4, -0.2) is 46.1 Å². The van der Waals surface area contributed by atoms with E-state index in [1.807, 2.05) is 18.2 Å². The molecule has 0 atom stereocenters. The van der Waals surface area contributed by atoms with Crippen LogP contribution in [0.1, 0.15) is 44.9 Å². The molecule has 0 spiro atoms. The third kappa shape index (κ3) is 5.29. The monoisotopic (exact) mass is 373 g/mol. The summed E-state index contributed by atoms with van der Waals surface area (Å²) in [4.78, 5) is 15.6. The molecule has 2 aromatic rings. The summed E-state index contributed by atoms with van der Waals surface area (Å²) in [5, 5.41) is 16.0. The van der Waals surface area contributed by atoms with Crippen LogP contribution in [0.5, 0.6) is 5.75 Å². The van der Waals surface area contributed by atoms with Crippen molar-refractivity contribution in [2.75, 3.05) is 19.8 Å². The second-order valence-electron chi connectivity index (χ2n) is 7.15. The molecule has 1 saturated heterocycles. The molecule has 1 aliphatic rings. The van der Waals surface area contributed by atoms with Crippen LogP contribution < -0.4 is 4.74 Å². The number of rotatable bonds is 12. The van der Waals surface area contributed by atoms with Gasteiger partial charge in [-0.25, -0.2) is 0 Å². The van der Waals surface area contributed by atoms with Crippen LogP contribution in [0.2, 0.25) is 0 Å². The van der Waals surface area contributed by atoms with Crippen molar-refractivity contribution in [2.24, 2.45) is 5.41 Å². The molecule has 7 nitrogen and oxygen atoms in total. The highest BCUT2D eigenvalue weighted by molar-refractivity contribution is 5.75. The van der Waals surface area contributed by atoms with E-state index >= 15 is 0 Å². The lowest BCUT2D eigenvalue weighted by Gasteiger charge is -2.37. The molecule has 2 aromatic heterocycles. The zero-order valence-corrected chi connectivity index (χ0v) is 15.5. The van der Waals surface area contributed by atoms with Gasteiger partial charge in [0, 0.05) is 6.20 Å². The van der Waals surface area contributed by atoms with Crippen molar-refractivity contribution in [1.82, 2.24) is 15.2 Å². The molecule has 0 aromatic carbocycles. The average Bonchev–Trinajstić information content (AvgIpc) is 3.17. The number of unbranched alkanes of at least 4 members (excludes halogenated alkanes) is 5. The van der Waals surface area contributed by atoms with E-state index in [9.17, 15) is 9.90 Å². The van der Waals surface area contributed by atoms with Gasteiger partial charge in [-0.15, -0.1) is 0 Å². The fourth-order valence-corrected chi connectivity index (χ4v) is 3.21. The van der Waals surface area contributed by atoms with Crippen molar-refractivity contribution < 1.29 is 19.4 Å². The number of carboxylic acid groups (broad SMARTS) is 1. The maximum atomic E-state index is 11.2. The van der Waals surface area contributed by atoms with Crippen LogP contribution in [0.4, 0.5) is 0 Å². The quantitative estimate of drug-likeness (QED) is 0.551. The summed E-state index contributed by atoms with van der Waals surface area (Å²) in [5.74, 6) is 0.0675. The van der Waals surface area contributed by atoms with E-state index in [-0.39, 0.29) is 0 Å². The predicted molar refractivity (Wildman–Crippen MR) is 101 cm³/mol. The molecule has 146 valence electrons. The number of aromatic nitrogens is 3. The topological polar surface area (TPSA) is 97.3 Å². The maximum Gasteiger partial charge on any atom is 0.314 e. The molecule has 3 rings (SSSR count). The molecule has 0 bridgehead atoms. The van der Waals surface area contributed by atoms with Gasteiger partial charge in [0.05, 0.1) is 37.4 Å². The van der Waals surface area contributed by atoms with Gasteiger partial charge in [0.2, 0.25) is 0 Å². The Hall–Kier alpha value is -2.41. The van der Waals surface area contributed by atoms with E-state index < -0.39 is 11.4 Å². The molecule has 0 radical (unpaired) electrons. The molecular formula is C20H27N3O4. The second kappa shape index (κ2) is 9.50. The maximum absolute atomic E-state index is 11.2.